The van der Waals surface area contributed by atoms with Crippen molar-refractivity contribution in [1.29, 1.82) is 0 Å². The lowest BCUT2D eigenvalue weighted by atomic mass is 9.79. The van der Waals surface area contributed by atoms with Gasteiger partial charge in [0.05, 0.1) is 0 Å². The predicted octanol–water partition coefficient (Wildman–Crippen LogP) is 7.87. The molecule has 0 fully saturated rings. The Labute approximate surface area is 195 Å². The van der Waals surface area contributed by atoms with Crippen LogP contribution in [0.3, 0.4) is 0 Å². The molecule has 174 valence electrons. The second-order valence-electron chi connectivity index (χ2n) is 11.3. The van der Waals surface area contributed by atoms with Gasteiger partial charge in [-0.25, -0.2) is 4.79 Å². The van der Waals surface area contributed by atoms with E-state index < -0.39 is 11.5 Å². The topological polar surface area (TPSA) is 38.3 Å². The number of carbonyl (C=O) groups is 1. The van der Waals surface area contributed by atoms with Crippen LogP contribution in [0.25, 0.3) is 5.57 Å². The van der Waals surface area contributed by atoms with Crippen LogP contribution < -0.4 is 5.32 Å². The average molecular weight is 436 g/mol. The number of ether oxygens (including phenoxy) is 1. The van der Waals surface area contributed by atoms with E-state index in [4.69, 9.17) is 4.74 Å². The smallest absolute Gasteiger partial charge is 0.412 e. The summed E-state index contributed by atoms with van der Waals surface area (Å²) in [6.45, 7) is 25.0. The predicted molar refractivity (Wildman–Crippen MR) is 136 cm³/mol. The summed E-state index contributed by atoms with van der Waals surface area (Å²) in [5, 5.41) is 2.96. The maximum atomic E-state index is 13.0. The van der Waals surface area contributed by atoms with Crippen LogP contribution in [0.15, 0.2) is 30.0 Å². The first kappa shape index (κ1) is 25.7. The number of hydrogen-bond acceptors (Lipinski definition) is 2. The van der Waals surface area contributed by atoms with Crippen LogP contribution >= 0.6 is 0 Å². The lowest BCUT2D eigenvalue weighted by Crippen LogP contribution is -2.41. The summed E-state index contributed by atoms with van der Waals surface area (Å²) in [5.74, 6) is 0.685. The minimum atomic E-state index is -0.426. The van der Waals surface area contributed by atoms with Crippen molar-refractivity contribution in [2.75, 3.05) is 0 Å². The van der Waals surface area contributed by atoms with Crippen LogP contribution in [-0.2, 0) is 4.74 Å². The maximum Gasteiger partial charge on any atom is 0.412 e. The van der Waals surface area contributed by atoms with Gasteiger partial charge in [-0.05, 0) is 95.7 Å². The number of aryl methyl sites for hydroxylation is 6. The van der Waals surface area contributed by atoms with E-state index in [-0.39, 0.29) is 5.54 Å². The van der Waals surface area contributed by atoms with Gasteiger partial charge in [-0.3, -0.25) is 0 Å². The molecule has 0 spiro atoms. The number of rotatable bonds is 3. The zero-order chi connectivity index (χ0) is 24.6. The molecule has 0 saturated heterocycles. The van der Waals surface area contributed by atoms with Crippen molar-refractivity contribution in [1.82, 2.24) is 5.32 Å². The minimum Gasteiger partial charge on any atom is -0.414 e. The standard InChI is InChI=1S/C29H41NO2/c1-17-13-19(3)23(20(4)14-17)25(24-21(5)15-18(2)16-22(24)6)26(28(7,8)9)32-27(31)30-29(10,11)12/h13-16H,1-12H3,(H,30,31). The summed E-state index contributed by atoms with van der Waals surface area (Å²) >= 11 is 0. The third-order valence-electron chi connectivity index (χ3n) is 5.43. The van der Waals surface area contributed by atoms with Gasteiger partial charge in [-0.15, -0.1) is 0 Å². The van der Waals surface area contributed by atoms with Crippen molar-refractivity contribution in [2.45, 2.75) is 88.6 Å². The molecular weight excluding hydrogens is 394 g/mol. The second-order valence-corrected chi connectivity index (χ2v) is 11.3. The second kappa shape index (κ2) is 9.13. The molecule has 0 saturated carbocycles. The highest BCUT2D eigenvalue weighted by Gasteiger charge is 2.31. The van der Waals surface area contributed by atoms with Crippen LogP contribution in [0.4, 0.5) is 4.79 Å². The molecule has 2 aromatic rings. The molecule has 2 aromatic carbocycles. The number of allylic oxidation sites excluding steroid dienone is 1. The first-order valence-electron chi connectivity index (χ1n) is 11.4. The number of amides is 1. The maximum absolute atomic E-state index is 13.0. The van der Waals surface area contributed by atoms with E-state index >= 15 is 0 Å². The van der Waals surface area contributed by atoms with Gasteiger partial charge in [0, 0.05) is 16.5 Å². The number of hydrogen-bond donors (Lipinski definition) is 1. The molecule has 0 heterocycles. The molecule has 1 N–H and O–H groups in total. The molecule has 0 aromatic heterocycles. The van der Waals surface area contributed by atoms with Crippen molar-refractivity contribution >= 4 is 11.7 Å². The first-order valence-corrected chi connectivity index (χ1v) is 11.4. The number of carbonyl (C=O) groups excluding carboxylic acids is 1. The largest absolute Gasteiger partial charge is 0.414 e. The highest BCUT2D eigenvalue weighted by atomic mass is 16.6. The van der Waals surface area contributed by atoms with Gasteiger partial charge in [0.1, 0.15) is 5.76 Å². The van der Waals surface area contributed by atoms with Gasteiger partial charge in [0.15, 0.2) is 0 Å². The van der Waals surface area contributed by atoms with Crippen LogP contribution in [0.1, 0.15) is 86.1 Å². The lowest BCUT2D eigenvalue weighted by molar-refractivity contribution is 0.146. The van der Waals surface area contributed by atoms with Gasteiger partial charge in [0.2, 0.25) is 0 Å². The molecule has 0 atom stereocenters. The molecule has 1 amide bonds. The Morgan fingerprint density at radius 2 is 1.03 bits per heavy atom. The normalized spacial score (nSPS) is 11.9. The Bertz CT molecular complexity index is 954. The fourth-order valence-corrected chi connectivity index (χ4v) is 4.50. The Balaban J connectivity index is 2.99. The molecule has 3 heteroatoms. The molecule has 32 heavy (non-hydrogen) atoms. The van der Waals surface area contributed by atoms with E-state index in [1.54, 1.807) is 0 Å². The molecule has 0 bridgehead atoms. The van der Waals surface area contributed by atoms with E-state index in [0.29, 0.717) is 5.76 Å². The highest BCUT2D eigenvalue weighted by molar-refractivity contribution is 5.89. The van der Waals surface area contributed by atoms with Gasteiger partial charge < -0.3 is 10.1 Å². The minimum absolute atomic E-state index is 0.383. The fraction of sp³-hybridized carbons (Fsp3) is 0.483. The van der Waals surface area contributed by atoms with Gasteiger partial charge in [0.25, 0.3) is 0 Å². The van der Waals surface area contributed by atoms with Gasteiger partial charge in [-0.1, -0.05) is 56.2 Å². The molecule has 0 aliphatic carbocycles. The first-order chi connectivity index (χ1) is 14.5. The third-order valence-corrected chi connectivity index (χ3v) is 5.43. The third kappa shape index (κ3) is 6.03. The van der Waals surface area contributed by atoms with E-state index in [1.807, 2.05) is 20.8 Å². The zero-order valence-electron chi connectivity index (χ0n) is 22.1. The van der Waals surface area contributed by atoms with Crippen LogP contribution in [0, 0.1) is 47.0 Å². The van der Waals surface area contributed by atoms with E-state index in [2.05, 4.69) is 91.9 Å². The summed E-state index contributed by atoms with van der Waals surface area (Å²) in [7, 11) is 0. The summed E-state index contributed by atoms with van der Waals surface area (Å²) in [6.07, 6.45) is -0.426. The summed E-state index contributed by atoms with van der Waals surface area (Å²) in [4.78, 5) is 13.0. The summed E-state index contributed by atoms with van der Waals surface area (Å²) in [5.41, 5.74) is 9.68. The van der Waals surface area contributed by atoms with Crippen LogP contribution in [0.5, 0.6) is 0 Å². The number of benzene rings is 2. The summed E-state index contributed by atoms with van der Waals surface area (Å²) < 4.78 is 6.17. The average Bonchev–Trinajstić information content (AvgIpc) is 2.54. The molecule has 0 aliphatic heterocycles. The van der Waals surface area contributed by atoms with E-state index in [1.165, 1.54) is 33.4 Å². The molecule has 0 aliphatic rings. The quantitative estimate of drug-likeness (QED) is 0.498. The molecule has 2 rings (SSSR count). The Kier molecular flexibility index (Phi) is 7.34. The monoisotopic (exact) mass is 435 g/mol. The lowest BCUT2D eigenvalue weighted by Gasteiger charge is -2.30. The van der Waals surface area contributed by atoms with Crippen molar-refractivity contribution < 1.29 is 9.53 Å². The van der Waals surface area contributed by atoms with Crippen LogP contribution in [0.2, 0.25) is 0 Å². The zero-order valence-corrected chi connectivity index (χ0v) is 22.1. The molecule has 0 radical (unpaired) electrons. The van der Waals surface area contributed by atoms with Gasteiger partial charge in [-0.2, -0.15) is 0 Å². The molecular formula is C29H41NO2. The van der Waals surface area contributed by atoms with Gasteiger partial charge >= 0.3 is 6.09 Å². The van der Waals surface area contributed by atoms with Crippen molar-refractivity contribution in [2.24, 2.45) is 5.41 Å². The molecule has 0 unspecified atom stereocenters. The summed E-state index contributed by atoms with van der Waals surface area (Å²) in [6, 6.07) is 8.82. The van der Waals surface area contributed by atoms with Crippen molar-refractivity contribution in [3.8, 4) is 0 Å². The van der Waals surface area contributed by atoms with E-state index in [0.717, 1.165) is 16.7 Å². The molecule has 3 nitrogen and oxygen atoms in total. The Morgan fingerprint density at radius 3 is 1.31 bits per heavy atom. The fourth-order valence-electron chi connectivity index (χ4n) is 4.50. The number of alkyl carbamates (subject to hydrolysis) is 1. The van der Waals surface area contributed by atoms with Crippen molar-refractivity contribution in [3.63, 3.8) is 0 Å². The van der Waals surface area contributed by atoms with Crippen LogP contribution in [-0.4, -0.2) is 11.6 Å². The SMILES string of the molecule is Cc1cc(C)c(C(=C(OC(=O)NC(C)(C)C)C(C)(C)C)c2c(C)cc(C)cc2C)c(C)c1. The van der Waals surface area contributed by atoms with Crippen molar-refractivity contribution in [3.05, 3.63) is 74.5 Å². The Hall–Kier alpha value is -2.55. The number of nitrogens with one attached hydrogen (secondary N) is 1. The van der Waals surface area contributed by atoms with E-state index in [9.17, 15) is 4.79 Å². The Morgan fingerprint density at radius 1 is 0.688 bits per heavy atom. The highest BCUT2D eigenvalue weighted by Crippen LogP contribution is 2.42.